The van der Waals surface area contributed by atoms with Crippen LogP contribution in [0.15, 0.2) is 17.5 Å². The van der Waals surface area contributed by atoms with Crippen LogP contribution >= 0.6 is 23.1 Å². The van der Waals surface area contributed by atoms with Gasteiger partial charge in [0.2, 0.25) is 0 Å². The highest BCUT2D eigenvalue weighted by molar-refractivity contribution is 8.00. The van der Waals surface area contributed by atoms with Gasteiger partial charge in [-0.2, -0.15) is 0 Å². The van der Waals surface area contributed by atoms with E-state index in [-0.39, 0.29) is 23.4 Å². The van der Waals surface area contributed by atoms with Crippen molar-refractivity contribution in [1.82, 2.24) is 15.1 Å². The minimum Gasteiger partial charge on any atom is -0.465 e. The molecule has 2 aliphatic rings. The first-order chi connectivity index (χ1) is 12.6. The number of rotatable bonds is 4. The van der Waals surface area contributed by atoms with Gasteiger partial charge in [-0.15, -0.1) is 23.1 Å². The zero-order valence-electron chi connectivity index (χ0n) is 14.7. The van der Waals surface area contributed by atoms with Crippen LogP contribution in [0.3, 0.4) is 0 Å². The Morgan fingerprint density at radius 1 is 1.27 bits per heavy atom. The molecule has 26 heavy (non-hydrogen) atoms. The molecule has 0 aromatic carbocycles. The molecule has 1 spiro atoms. The molecule has 2 aliphatic heterocycles. The fraction of sp³-hybridized carbons (Fsp3) is 0.588. The van der Waals surface area contributed by atoms with E-state index >= 15 is 0 Å². The van der Waals surface area contributed by atoms with Crippen LogP contribution in [0.5, 0.6) is 0 Å². The van der Waals surface area contributed by atoms with Crippen molar-refractivity contribution in [3.63, 3.8) is 0 Å². The van der Waals surface area contributed by atoms with Crippen LogP contribution < -0.4 is 5.32 Å². The molecule has 142 valence electrons. The summed E-state index contributed by atoms with van der Waals surface area (Å²) in [5.41, 5.74) is 0. The van der Waals surface area contributed by atoms with Crippen molar-refractivity contribution in [2.75, 3.05) is 38.5 Å². The van der Waals surface area contributed by atoms with E-state index in [0.29, 0.717) is 19.7 Å². The van der Waals surface area contributed by atoms with Gasteiger partial charge < -0.3 is 19.9 Å². The molecule has 1 aromatic heterocycles. The number of carbonyl (C=O) groups is 3. The summed E-state index contributed by atoms with van der Waals surface area (Å²) in [4.78, 5) is 40.6. The lowest BCUT2D eigenvalue weighted by atomic mass is 10.0. The highest BCUT2D eigenvalue weighted by Crippen LogP contribution is 2.44. The quantitative estimate of drug-likeness (QED) is 0.786. The Balaban J connectivity index is 1.56. The van der Waals surface area contributed by atoms with Crippen LogP contribution in [0.4, 0.5) is 4.79 Å². The van der Waals surface area contributed by atoms with Crippen LogP contribution in [-0.4, -0.2) is 71.1 Å². The maximum absolute atomic E-state index is 12.8. The largest absolute Gasteiger partial charge is 0.465 e. The van der Waals surface area contributed by atoms with E-state index in [1.807, 2.05) is 34.2 Å². The highest BCUT2D eigenvalue weighted by Gasteiger charge is 2.47. The molecule has 2 saturated heterocycles. The first-order valence-corrected chi connectivity index (χ1v) is 10.6. The number of thioether (sulfide) groups is 1. The Bertz CT molecular complexity index is 657. The number of carbonyl (C=O) groups excluding carboxylic acids is 3. The summed E-state index contributed by atoms with van der Waals surface area (Å²) in [5.74, 6) is 0.574. The van der Waals surface area contributed by atoms with Gasteiger partial charge in [-0.05, 0) is 31.2 Å². The van der Waals surface area contributed by atoms with Gasteiger partial charge in [0.15, 0.2) is 0 Å². The summed E-state index contributed by atoms with van der Waals surface area (Å²) >= 11 is 3.28. The lowest BCUT2D eigenvalue weighted by Crippen LogP contribution is -2.55. The molecule has 9 heteroatoms. The topological polar surface area (TPSA) is 79.0 Å². The Morgan fingerprint density at radius 3 is 2.69 bits per heavy atom. The number of ether oxygens (including phenoxy) is 1. The van der Waals surface area contributed by atoms with Crippen LogP contribution in [0.25, 0.3) is 0 Å². The molecule has 0 aliphatic carbocycles. The molecular formula is C17H23N3O4S2. The number of likely N-dealkylation sites (tertiary alicyclic amines) is 1. The third-order valence-electron chi connectivity index (χ3n) is 4.68. The molecule has 1 aromatic rings. The van der Waals surface area contributed by atoms with Gasteiger partial charge in [0, 0.05) is 25.4 Å². The summed E-state index contributed by atoms with van der Waals surface area (Å²) in [6, 6.07) is 3.50. The number of hydrogen-bond acceptors (Lipinski definition) is 6. The Kier molecular flexibility index (Phi) is 6.08. The lowest BCUT2D eigenvalue weighted by Gasteiger charge is -2.43. The standard InChI is InChI=1S/C17H23N3O4S2/c1-2-24-14(21)12-18-16(23)19-7-5-17(6-8-19)20(9-11-26-17)15(22)13-4-3-10-25-13/h3-4,10H,2,5-9,11-12H2,1H3,(H,18,23). The van der Waals surface area contributed by atoms with E-state index in [0.717, 1.165) is 30.0 Å². The van der Waals surface area contributed by atoms with E-state index in [1.165, 1.54) is 11.3 Å². The van der Waals surface area contributed by atoms with Crippen molar-refractivity contribution in [3.05, 3.63) is 22.4 Å². The van der Waals surface area contributed by atoms with Crippen LogP contribution in [0.2, 0.25) is 0 Å². The second-order valence-electron chi connectivity index (χ2n) is 6.18. The maximum Gasteiger partial charge on any atom is 0.325 e. The number of piperidine rings is 1. The van der Waals surface area contributed by atoms with E-state index in [1.54, 1.807) is 11.8 Å². The molecule has 2 fully saturated rings. The van der Waals surface area contributed by atoms with Gasteiger partial charge in [0.25, 0.3) is 5.91 Å². The van der Waals surface area contributed by atoms with E-state index in [2.05, 4.69) is 5.32 Å². The van der Waals surface area contributed by atoms with Gasteiger partial charge in [-0.1, -0.05) is 6.07 Å². The second-order valence-corrected chi connectivity index (χ2v) is 8.58. The number of nitrogens with one attached hydrogen (secondary N) is 1. The molecule has 7 nitrogen and oxygen atoms in total. The first-order valence-electron chi connectivity index (χ1n) is 8.73. The predicted octanol–water partition coefficient (Wildman–Crippen LogP) is 2.00. The summed E-state index contributed by atoms with van der Waals surface area (Å²) in [7, 11) is 0. The van der Waals surface area contributed by atoms with Crippen molar-refractivity contribution in [1.29, 1.82) is 0 Å². The molecule has 0 radical (unpaired) electrons. The molecule has 0 saturated carbocycles. The molecule has 1 N–H and O–H groups in total. The molecule has 3 amide bonds. The fourth-order valence-electron chi connectivity index (χ4n) is 3.37. The van der Waals surface area contributed by atoms with Crippen molar-refractivity contribution < 1.29 is 19.1 Å². The zero-order chi connectivity index (χ0) is 18.6. The fourth-order valence-corrected chi connectivity index (χ4v) is 5.50. The van der Waals surface area contributed by atoms with Crippen molar-refractivity contribution in [2.45, 2.75) is 24.6 Å². The highest BCUT2D eigenvalue weighted by atomic mass is 32.2. The maximum atomic E-state index is 12.8. The average molecular weight is 398 g/mol. The third kappa shape index (κ3) is 3.98. The molecule has 3 heterocycles. The minimum absolute atomic E-state index is 0.0882. The number of amides is 3. The lowest BCUT2D eigenvalue weighted by molar-refractivity contribution is -0.141. The normalized spacial score (nSPS) is 18.8. The number of urea groups is 1. The van der Waals surface area contributed by atoms with E-state index < -0.39 is 5.97 Å². The predicted molar refractivity (Wildman–Crippen MR) is 101 cm³/mol. The van der Waals surface area contributed by atoms with Gasteiger partial charge in [-0.25, -0.2) is 4.79 Å². The summed E-state index contributed by atoms with van der Waals surface area (Å²) in [6.07, 6.45) is 1.48. The molecule has 0 bridgehead atoms. The minimum atomic E-state index is -0.437. The van der Waals surface area contributed by atoms with Gasteiger partial charge in [0.05, 0.1) is 16.4 Å². The first kappa shape index (κ1) is 19.0. The Morgan fingerprint density at radius 2 is 2.04 bits per heavy atom. The summed E-state index contributed by atoms with van der Waals surface area (Å²) in [5, 5.41) is 4.52. The summed E-state index contributed by atoms with van der Waals surface area (Å²) < 4.78 is 4.81. The Labute approximate surface area is 161 Å². The second kappa shape index (κ2) is 8.30. The molecule has 3 rings (SSSR count). The third-order valence-corrected chi connectivity index (χ3v) is 7.09. The monoisotopic (exact) mass is 397 g/mol. The smallest absolute Gasteiger partial charge is 0.325 e. The number of esters is 1. The van der Waals surface area contributed by atoms with Gasteiger partial charge >= 0.3 is 12.0 Å². The van der Waals surface area contributed by atoms with Crippen molar-refractivity contribution in [3.8, 4) is 0 Å². The van der Waals surface area contributed by atoms with E-state index in [4.69, 9.17) is 4.74 Å². The SMILES string of the molecule is CCOC(=O)CNC(=O)N1CCC2(CC1)SCCN2C(=O)c1cccs1. The van der Waals surface area contributed by atoms with Gasteiger partial charge in [-0.3, -0.25) is 9.59 Å². The molecular weight excluding hydrogens is 374 g/mol. The molecule has 0 unspecified atom stereocenters. The van der Waals surface area contributed by atoms with E-state index in [9.17, 15) is 14.4 Å². The number of thiophene rings is 1. The number of hydrogen-bond donors (Lipinski definition) is 1. The summed E-state index contributed by atoms with van der Waals surface area (Å²) in [6.45, 7) is 3.78. The van der Waals surface area contributed by atoms with Crippen LogP contribution in [0, 0.1) is 0 Å². The van der Waals surface area contributed by atoms with Gasteiger partial charge in [0.1, 0.15) is 6.54 Å². The van der Waals surface area contributed by atoms with Crippen LogP contribution in [0.1, 0.15) is 29.4 Å². The van der Waals surface area contributed by atoms with Crippen molar-refractivity contribution >= 4 is 41.0 Å². The average Bonchev–Trinajstić information content (AvgIpc) is 3.31. The Hall–Kier alpha value is -1.74. The molecule has 0 atom stereocenters. The van der Waals surface area contributed by atoms with Crippen LogP contribution in [-0.2, 0) is 9.53 Å². The number of nitrogens with zero attached hydrogens (tertiary/aromatic N) is 2. The zero-order valence-corrected chi connectivity index (χ0v) is 16.4. The van der Waals surface area contributed by atoms with Crippen molar-refractivity contribution in [2.24, 2.45) is 0 Å².